The number of hydrogen-bond donors (Lipinski definition) is 1. The number of benzene rings is 2. The van der Waals surface area contributed by atoms with Crippen molar-refractivity contribution < 1.29 is 4.39 Å². The zero-order valence-electron chi connectivity index (χ0n) is 12.1. The van der Waals surface area contributed by atoms with E-state index in [0.29, 0.717) is 12.0 Å². The normalized spacial score (nSPS) is 16.0. The van der Waals surface area contributed by atoms with E-state index in [1.807, 2.05) is 13.1 Å². The van der Waals surface area contributed by atoms with Gasteiger partial charge in [-0.3, -0.25) is 0 Å². The van der Waals surface area contributed by atoms with Gasteiger partial charge in [0.25, 0.3) is 0 Å². The minimum Gasteiger partial charge on any atom is -0.316 e. The summed E-state index contributed by atoms with van der Waals surface area (Å²) in [6.45, 7) is 0. The molecule has 1 aliphatic carbocycles. The maximum atomic E-state index is 13.3. The highest BCUT2D eigenvalue weighted by atomic mass is 35.5. The molecular weight excluding hydrogens is 285 g/mol. The predicted octanol–water partition coefficient (Wildman–Crippen LogP) is 4.02. The molecule has 0 fully saturated rings. The standard InChI is InChI=1S/C18H19ClFN/c1-21-18(9-12-6-7-17(20)16(19)8-12)15-10-13-4-2-3-5-14(13)11-15/h2-8,15,18,21H,9-11H2,1H3. The van der Waals surface area contributed by atoms with Crippen molar-refractivity contribution in [1.29, 1.82) is 0 Å². The molecule has 0 spiro atoms. The first kappa shape index (κ1) is 14.6. The molecule has 0 saturated heterocycles. The summed E-state index contributed by atoms with van der Waals surface area (Å²) in [4.78, 5) is 0. The molecule has 1 N–H and O–H groups in total. The average molecular weight is 304 g/mol. The third-order valence-corrected chi connectivity index (χ3v) is 4.75. The topological polar surface area (TPSA) is 12.0 Å². The fourth-order valence-corrected chi connectivity index (χ4v) is 3.51. The smallest absolute Gasteiger partial charge is 0.141 e. The molecule has 3 rings (SSSR count). The van der Waals surface area contributed by atoms with Gasteiger partial charge in [-0.1, -0.05) is 41.9 Å². The molecule has 1 nitrogen and oxygen atoms in total. The van der Waals surface area contributed by atoms with Gasteiger partial charge in [-0.2, -0.15) is 0 Å². The summed E-state index contributed by atoms with van der Waals surface area (Å²) in [7, 11) is 2.00. The van der Waals surface area contributed by atoms with Crippen molar-refractivity contribution in [2.45, 2.75) is 25.3 Å². The Morgan fingerprint density at radius 2 is 1.86 bits per heavy atom. The van der Waals surface area contributed by atoms with E-state index in [4.69, 9.17) is 11.6 Å². The molecule has 21 heavy (non-hydrogen) atoms. The SMILES string of the molecule is CNC(Cc1ccc(F)c(Cl)c1)C1Cc2ccccc2C1. The third kappa shape index (κ3) is 3.12. The van der Waals surface area contributed by atoms with Crippen molar-refractivity contribution in [3.8, 4) is 0 Å². The summed E-state index contributed by atoms with van der Waals surface area (Å²) >= 11 is 5.88. The van der Waals surface area contributed by atoms with E-state index in [9.17, 15) is 4.39 Å². The molecule has 0 aliphatic heterocycles. The average Bonchev–Trinajstić information content (AvgIpc) is 2.92. The fraction of sp³-hybridized carbons (Fsp3) is 0.333. The number of rotatable bonds is 4. The van der Waals surface area contributed by atoms with Gasteiger partial charge in [-0.05, 0) is 61.1 Å². The van der Waals surface area contributed by atoms with Gasteiger partial charge in [0.1, 0.15) is 5.82 Å². The lowest BCUT2D eigenvalue weighted by molar-refractivity contribution is 0.383. The van der Waals surface area contributed by atoms with Crippen LogP contribution in [0.4, 0.5) is 4.39 Å². The molecule has 0 heterocycles. The lowest BCUT2D eigenvalue weighted by Gasteiger charge is -2.23. The van der Waals surface area contributed by atoms with Crippen LogP contribution in [0.5, 0.6) is 0 Å². The molecular formula is C18H19ClFN. The quantitative estimate of drug-likeness (QED) is 0.899. The van der Waals surface area contributed by atoms with E-state index in [1.54, 1.807) is 6.07 Å². The summed E-state index contributed by atoms with van der Waals surface area (Å²) in [6.07, 6.45) is 3.09. The van der Waals surface area contributed by atoms with Crippen molar-refractivity contribution in [2.24, 2.45) is 5.92 Å². The van der Waals surface area contributed by atoms with Crippen LogP contribution < -0.4 is 5.32 Å². The van der Waals surface area contributed by atoms with Gasteiger partial charge in [0.2, 0.25) is 0 Å². The highest BCUT2D eigenvalue weighted by molar-refractivity contribution is 6.30. The fourth-order valence-electron chi connectivity index (χ4n) is 3.30. The highest BCUT2D eigenvalue weighted by Gasteiger charge is 2.27. The van der Waals surface area contributed by atoms with Crippen LogP contribution in [0, 0.1) is 11.7 Å². The molecule has 2 aromatic carbocycles. The van der Waals surface area contributed by atoms with Crippen LogP contribution in [0.3, 0.4) is 0 Å². The second-order valence-electron chi connectivity index (χ2n) is 5.78. The zero-order valence-corrected chi connectivity index (χ0v) is 12.8. The van der Waals surface area contributed by atoms with Crippen molar-refractivity contribution in [1.82, 2.24) is 5.32 Å². The van der Waals surface area contributed by atoms with Gasteiger partial charge < -0.3 is 5.32 Å². The Morgan fingerprint density at radius 1 is 1.19 bits per heavy atom. The molecule has 0 amide bonds. The first-order chi connectivity index (χ1) is 10.2. The van der Waals surface area contributed by atoms with Crippen molar-refractivity contribution in [3.63, 3.8) is 0 Å². The summed E-state index contributed by atoms with van der Waals surface area (Å²) in [5.41, 5.74) is 4.00. The number of hydrogen-bond acceptors (Lipinski definition) is 1. The molecule has 0 radical (unpaired) electrons. The molecule has 3 heteroatoms. The van der Waals surface area contributed by atoms with Crippen LogP contribution in [-0.4, -0.2) is 13.1 Å². The maximum Gasteiger partial charge on any atom is 0.141 e. The number of likely N-dealkylation sites (N-methyl/N-ethyl adjacent to an activating group) is 1. The van der Waals surface area contributed by atoms with Crippen LogP contribution in [0.15, 0.2) is 42.5 Å². The second kappa shape index (κ2) is 6.17. The lowest BCUT2D eigenvalue weighted by atomic mass is 9.91. The van der Waals surface area contributed by atoms with E-state index in [0.717, 1.165) is 24.8 Å². The Kier molecular flexibility index (Phi) is 4.27. The Morgan fingerprint density at radius 3 is 2.43 bits per heavy atom. The minimum absolute atomic E-state index is 0.206. The Labute approximate surface area is 130 Å². The molecule has 1 atom stereocenters. The van der Waals surface area contributed by atoms with Gasteiger partial charge in [0.05, 0.1) is 5.02 Å². The number of halogens is 2. The molecule has 0 bridgehead atoms. The lowest BCUT2D eigenvalue weighted by Crippen LogP contribution is -2.36. The third-order valence-electron chi connectivity index (χ3n) is 4.46. The Balaban J connectivity index is 1.73. The van der Waals surface area contributed by atoms with Crippen molar-refractivity contribution in [2.75, 3.05) is 7.05 Å². The van der Waals surface area contributed by atoms with E-state index >= 15 is 0 Å². The number of nitrogens with one attached hydrogen (secondary N) is 1. The van der Waals surface area contributed by atoms with E-state index < -0.39 is 0 Å². The van der Waals surface area contributed by atoms with Gasteiger partial charge in [0.15, 0.2) is 0 Å². The number of fused-ring (bicyclic) bond motifs is 1. The van der Waals surface area contributed by atoms with Gasteiger partial charge in [0, 0.05) is 6.04 Å². The maximum absolute atomic E-state index is 13.3. The van der Waals surface area contributed by atoms with E-state index in [-0.39, 0.29) is 10.8 Å². The van der Waals surface area contributed by atoms with Crippen molar-refractivity contribution >= 4 is 11.6 Å². The van der Waals surface area contributed by atoms with Crippen LogP contribution in [0.1, 0.15) is 16.7 Å². The van der Waals surface area contributed by atoms with E-state index in [1.165, 1.54) is 17.2 Å². The van der Waals surface area contributed by atoms with E-state index in [2.05, 4.69) is 29.6 Å². The van der Waals surface area contributed by atoms with Gasteiger partial charge in [-0.15, -0.1) is 0 Å². The van der Waals surface area contributed by atoms with Crippen LogP contribution in [0.25, 0.3) is 0 Å². The Bertz CT molecular complexity index is 616. The summed E-state index contributed by atoms with van der Waals surface area (Å²) in [5, 5.41) is 3.63. The largest absolute Gasteiger partial charge is 0.316 e. The van der Waals surface area contributed by atoms with Gasteiger partial charge in [-0.25, -0.2) is 4.39 Å². The molecule has 1 aliphatic rings. The molecule has 1 unspecified atom stereocenters. The monoisotopic (exact) mass is 303 g/mol. The Hall–Kier alpha value is -1.38. The predicted molar refractivity (Wildman–Crippen MR) is 85.3 cm³/mol. The zero-order chi connectivity index (χ0) is 14.8. The van der Waals surface area contributed by atoms with Crippen LogP contribution >= 0.6 is 11.6 Å². The summed E-state index contributed by atoms with van der Waals surface area (Å²) in [6, 6.07) is 14.0. The van der Waals surface area contributed by atoms with Gasteiger partial charge >= 0.3 is 0 Å². The summed E-state index contributed by atoms with van der Waals surface area (Å²) < 4.78 is 13.3. The molecule has 2 aromatic rings. The second-order valence-corrected chi connectivity index (χ2v) is 6.19. The molecule has 0 aromatic heterocycles. The van der Waals surface area contributed by atoms with Crippen molar-refractivity contribution in [3.05, 3.63) is 70.0 Å². The molecule has 110 valence electrons. The first-order valence-corrected chi connectivity index (χ1v) is 7.73. The molecule has 0 saturated carbocycles. The summed E-state index contributed by atoms with van der Waals surface area (Å²) in [5.74, 6) is 0.228. The first-order valence-electron chi connectivity index (χ1n) is 7.35. The van der Waals surface area contributed by atoms with Crippen LogP contribution in [-0.2, 0) is 19.3 Å². The van der Waals surface area contributed by atoms with Crippen LogP contribution in [0.2, 0.25) is 5.02 Å². The minimum atomic E-state index is -0.352. The highest BCUT2D eigenvalue weighted by Crippen LogP contribution is 2.30.